The number of amides is 3. The fourth-order valence-electron chi connectivity index (χ4n) is 2.31. The van der Waals surface area contributed by atoms with E-state index in [1.807, 2.05) is 0 Å². The average molecular weight is 433 g/mol. The molecule has 0 radical (unpaired) electrons. The van der Waals surface area contributed by atoms with Gasteiger partial charge in [0.05, 0.1) is 12.6 Å². The van der Waals surface area contributed by atoms with E-state index in [4.69, 9.17) is 16.6 Å². The van der Waals surface area contributed by atoms with Crippen LogP contribution in [0.3, 0.4) is 0 Å². The smallest absolute Gasteiger partial charge is 0.326 e. The number of carboxylic acid groups (broad SMARTS) is 2. The van der Waals surface area contributed by atoms with E-state index in [9.17, 15) is 34.2 Å². The molecular weight excluding hydrogens is 402 g/mol. The van der Waals surface area contributed by atoms with Crippen LogP contribution in [0.4, 0.5) is 0 Å². The molecule has 0 aromatic heterocycles. The van der Waals surface area contributed by atoms with Crippen molar-refractivity contribution in [1.82, 2.24) is 16.0 Å². The minimum absolute atomic E-state index is 0.166. The number of carbonyl (C=O) groups excluding carboxylic acids is 3. The lowest BCUT2D eigenvalue weighted by atomic mass is 10.1. The Labute approximate surface area is 173 Å². The molecular formula is C17H31N5O8. The second kappa shape index (κ2) is 14.3. The van der Waals surface area contributed by atoms with Crippen LogP contribution in [0.5, 0.6) is 0 Å². The molecule has 10 N–H and O–H groups in total. The lowest BCUT2D eigenvalue weighted by Gasteiger charge is -2.22. The summed E-state index contributed by atoms with van der Waals surface area (Å²) < 4.78 is 0. The first-order valence-electron chi connectivity index (χ1n) is 9.45. The topological polar surface area (TPSA) is 234 Å². The molecule has 0 spiro atoms. The molecule has 13 heteroatoms. The number of carbonyl (C=O) groups is 5. The van der Waals surface area contributed by atoms with Gasteiger partial charge >= 0.3 is 11.9 Å². The largest absolute Gasteiger partial charge is 0.481 e. The van der Waals surface area contributed by atoms with Gasteiger partial charge in [0.2, 0.25) is 17.7 Å². The first kappa shape index (κ1) is 27.2. The van der Waals surface area contributed by atoms with Gasteiger partial charge in [-0.1, -0.05) is 0 Å². The van der Waals surface area contributed by atoms with E-state index in [0.717, 1.165) is 0 Å². The van der Waals surface area contributed by atoms with Gasteiger partial charge in [-0.2, -0.15) is 0 Å². The second-order valence-electron chi connectivity index (χ2n) is 6.70. The number of nitrogens with one attached hydrogen (secondary N) is 3. The molecule has 0 bridgehead atoms. The third-order valence-corrected chi connectivity index (χ3v) is 4.14. The van der Waals surface area contributed by atoms with Crippen LogP contribution in [0, 0.1) is 0 Å². The average Bonchev–Trinajstić information content (AvgIpc) is 2.68. The van der Waals surface area contributed by atoms with Crippen molar-refractivity contribution < 1.29 is 39.3 Å². The zero-order valence-electron chi connectivity index (χ0n) is 16.8. The molecule has 0 heterocycles. The molecule has 4 atom stereocenters. The van der Waals surface area contributed by atoms with Crippen molar-refractivity contribution in [2.75, 3.05) is 13.2 Å². The lowest BCUT2D eigenvalue weighted by Crippen LogP contribution is -2.57. The third kappa shape index (κ3) is 10.7. The molecule has 0 aliphatic rings. The summed E-state index contributed by atoms with van der Waals surface area (Å²) >= 11 is 0. The maximum absolute atomic E-state index is 12.2. The maximum atomic E-state index is 12.2. The predicted molar refractivity (Wildman–Crippen MR) is 104 cm³/mol. The molecule has 0 aromatic rings. The van der Waals surface area contributed by atoms with Crippen LogP contribution in [0.1, 0.15) is 39.0 Å². The minimum Gasteiger partial charge on any atom is -0.481 e. The molecule has 0 saturated carbocycles. The standard InChI is InChI=1S/C17H31N5O8/c1-9(14(26)21-11(17(29)30)4-2-3-7-18)20-16(28)12(8-23)22-15(27)10(19)5-6-13(24)25/h9-12,23H,2-8,18-19H2,1H3,(H,20,28)(H,21,26)(H,22,27)(H,24,25)(H,29,30). The number of hydrogen-bond donors (Lipinski definition) is 8. The van der Waals surface area contributed by atoms with Gasteiger partial charge in [0.1, 0.15) is 18.1 Å². The number of nitrogens with two attached hydrogens (primary N) is 2. The van der Waals surface area contributed by atoms with Crippen LogP contribution < -0.4 is 27.4 Å². The van der Waals surface area contributed by atoms with Gasteiger partial charge in [0.15, 0.2) is 0 Å². The van der Waals surface area contributed by atoms with Crippen molar-refractivity contribution in [1.29, 1.82) is 0 Å². The molecule has 0 rings (SSSR count). The highest BCUT2D eigenvalue weighted by Gasteiger charge is 2.28. The number of hydrogen-bond acceptors (Lipinski definition) is 8. The first-order chi connectivity index (χ1) is 14.0. The molecule has 4 unspecified atom stereocenters. The van der Waals surface area contributed by atoms with Gasteiger partial charge in [-0.3, -0.25) is 19.2 Å². The highest BCUT2D eigenvalue weighted by Crippen LogP contribution is 2.02. The Balaban J connectivity index is 4.74. The van der Waals surface area contributed by atoms with Crippen LogP contribution in [0.25, 0.3) is 0 Å². The van der Waals surface area contributed by atoms with Crippen molar-refractivity contribution in [2.45, 2.75) is 63.2 Å². The number of aliphatic carboxylic acids is 2. The first-order valence-corrected chi connectivity index (χ1v) is 9.45. The fourth-order valence-corrected chi connectivity index (χ4v) is 2.31. The number of rotatable bonds is 15. The molecule has 0 fully saturated rings. The molecule has 13 nitrogen and oxygen atoms in total. The Morgan fingerprint density at radius 2 is 1.47 bits per heavy atom. The van der Waals surface area contributed by atoms with E-state index in [0.29, 0.717) is 19.4 Å². The van der Waals surface area contributed by atoms with E-state index < -0.39 is 60.4 Å². The second-order valence-corrected chi connectivity index (χ2v) is 6.70. The van der Waals surface area contributed by atoms with Gasteiger partial charge in [0, 0.05) is 6.42 Å². The molecule has 172 valence electrons. The van der Waals surface area contributed by atoms with E-state index in [-0.39, 0.29) is 19.3 Å². The highest BCUT2D eigenvalue weighted by molar-refractivity contribution is 5.94. The monoisotopic (exact) mass is 433 g/mol. The number of carboxylic acids is 2. The normalized spacial score (nSPS) is 14.7. The summed E-state index contributed by atoms with van der Waals surface area (Å²) in [6.07, 6.45) is 0.744. The minimum atomic E-state index is -1.43. The van der Waals surface area contributed by atoms with Crippen molar-refractivity contribution in [3.63, 3.8) is 0 Å². The van der Waals surface area contributed by atoms with E-state index in [1.54, 1.807) is 0 Å². The van der Waals surface area contributed by atoms with Gasteiger partial charge in [-0.25, -0.2) is 4.79 Å². The molecule has 3 amide bonds. The molecule has 0 aliphatic carbocycles. The zero-order valence-corrected chi connectivity index (χ0v) is 16.8. The van der Waals surface area contributed by atoms with Crippen LogP contribution >= 0.6 is 0 Å². The Bertz CT molecular complexity index is 615. The van der Waals surface area contributed by atoms with Crippen LogP contribution in [-0.4, -0.2) is 82.3 Å². The fraction of sp³-hybridized carbons (Fsp3) is 0.706. The summed E-state index contributed by atoms with van der Waals surface area (Å²) in [5, 5.41) is 33.9. The van der Waals surface area contributed by atoms with Gasteiger partial charge in [0.25, 0.3) is 0 Å². The SMILES string of the molecule is CC(NC(=O)C(CO)NC(=O)C(N)CCC(=O)O)C(=O)NC(CCCCN)C(=O)O. The van der Waals surface area contributed by atoms with Crippen molar-refractivity contribution >= 4 is 29.7 Å². The quantitative estimate of drug-likeness (QED) is 0.121. The maximum Gasteiger partial charge on any atom is 0.326 e. The van der Waals surface area contributed by atoms with Gasteiger partial charge < -0.3 is 42.7 Å². The molecule has 30 heavy (non-hydrogen) atoms. The van der Waals surface area contributed by atoms with Crippen LogP contribution in [-0.2, 0) is 24.0 Å². The van der Waals surface area contributed by atoms with Gasteiger partial charge in [-0.15, -0.1) is 0 Å². The van der Waals surface area contributed by atoms with E-state index in [1.165, 1.54) is 6.92 Å². The predicted octanol–water partition coefficient (Wildman–Crippen LogP) is -3.14. The Morgan fingerprint density at radius 1 is 0.867 bits per heavy atom. The van der Waals surface area contributed by atoms with Crippen molar-refractivity contribution in [3.05, 3.63) is 0 Å². The molecule has 0 aromatic carbocycles. The summed E-state index contributed by atoms with van der Waals surface area (Å²) in [5.41, 5.74) is 10.9. The van der Waals surface area contributed by atoms with Gasteiger partial charge in [-0.05, 0) is 39.2 Å². The Hall–Kier alpha value is -2.77. The summed E-state index contributed by atoms with van der Waals surface area (Å²) in [6.45, 7) is 0.899. The van der Waals surface area contributed by atoms with E-state index >= 15 is 0 Å². The summed E-state index contributed by atoms with van der Waals surface area (Å²) in [4.78, 5) is 58.1. The zero-order chi connectivity index (χ0) is 23.3. The van der Waals surface area contributed by atoms with Crippen molar-refractivity contribution in [3.8, 4) is 0 Å². The third-order valence-electron chi connectivity index (χ3n) is 4.14. The number of aliphatic hydroxyl groups is 1. The Morgan fingerprint density at radius 3 is 1.97 bits per heavy atom. The highest BCUT2D eigenvalue weighted by atomic mass is 16.4. The summed E-state index contributed by atoms with van der Waals surface area (Å²) in [6, 6.07) is -4.93. The molecule has 0 aliphatic heterocycles. The Kier molecular flexibility index (Phi) is 12.9. The van der Waals surface area contributed by atoms with E-state index in [2.05, 4.69) is 16.0 Å². The van der Waals surface area contributed by atoms with Crippen molar-refractivity contribution in [2.24, 2.45) is 11.5 Å². The summed E-state index contributed by atoms with van der Waals surface area (Å²) in [5.74, 6) is -4.86. The number of aliphatic hydroxyl groups excluding tert-OH is 1. The molecule has 0 saturated heterocycles. The lowest BCUT2D eigenvalue weighted by molar-refractivity contribution is -0.142. The number of unbranched alkanes of at least 4 members (excludes halogenated alkanes) is 1. The summed E-state index contributed by atoms with van der Waals surface area (Å²) in [7, 11) is 0. The van der Waals surface area contributed by atoms with Crippen LogP contribution in [0.2, 0.25) is 0 Å². The van der Waals surface area contributed by atoms with Crippen LogP contribution in [0.15, 0.2) is 0 Å².